The number of Topliss-reactive ketones (excluding diaryl/α,β-unsaturated/α-hetero) is 1. The summed E-state index contributed by atoms with van der Waals surface area (Å²) >= 11 is 1.06. The number of benzene rings is 1. The standard InChI is InChI=1S/C21H19N5O2S/c1-11-5-7-15(8-6-11)26-13(3)12(2)17-18(23-10-24-19(17)26)25-20(28)16-9-22-21(29-16)14(4)27/h5-10H,1-4H3,(H,23,24,25,28). The van der Waals surface area contributed by atoms with Crippen LogP contribution in [0.25, 0.3) is 16.7 Å². The number of rotatable bonds is 4. The Bertz CT molecular complexity index is 1250. The van der Waals surface area contributed by atoms with Gasteiger partial charge in [0.25, 0.3) is 5.91 Å². The number of aryl methyl sites for hydroxylation is 2. The minimum absolute atomic E-state index is 0.167. The van der Waals surface area contributed by atoms with Gasteiger partial charge in [-0.15, -0.1) is 11.3 Å². The minimum atomic E-state index is -0.352. The van der Waals surface area contributed by atoms with Crippen LogP contribution in [0.3, 0.4) is 0 Å². The smallest absolute Gasteiger partial charge is 0.268 e. The number of anilines is 1. The largest absolute Gasteiger partial charge is 0.305 e. The molecule has 29 heavy (non-hydrogen) atoms. The van der Waals surface area contributed by atoms with Gasteiger partial charge in [-0.1, -0.05) is 17.7 Å². The Kier molecular flexibility index (Phi) is 4.71. The molecule has 3 heterocycles. The Morgan fingerprint density at radius 2 is 1.76 bits per heavy atom. The number of fused-ring (bicyclic) bond motifs is 1. The average Bonchev–Trinajstić information content (AvgIpc) is 3.28. The molecule has 0 aliphatic carbocycles. The number of hydrogen-bond acceptors (Lipinski definition) is 6. The minimum Gasteiger partial charge on any atom is -0.305 e. The summed E-state index contributed by atoms with van der Waals surface area (Å²) in [6.45, 7) is 7.48. The van der Waals surface area contributed by atoms with Crippen LogP contribution in [0.5, 0.6) is 0 Å². The van der Waals surface area contributed by atoms with Crippen molar-refractivity contribution in [3.05, 3.63) is 63.5 Å². The van der Waals surface area contributed by atoms with Crippen LogP contribution in [0, 0.1) is 20.8 Å². The van der Waals surface area contributed by atoms with Crippen LogP contribution in [-0.4, -0.2) is 31.2 Å². The second kappa shape index (κ2) is 7.21. The lowest BCUT2D eigenvalue weighted by molar-refractivity contribution is 0.101. The third-order valence-electron chi connectivity index (χ3n) is 4.85. The van der Waals surface area contributed by atoms with Crippen molar-refractivity contribution in [3.63, 3.8) is 0 Å². The van der Waals surface area contributed by atoms with E-state index in [1.807, 2.05) is 32.9 Å². The highest BCUT2D eigenvalue weighted by atomic mass is 32.1. The predicted octanol–water partition coefficient (Wildman–Crippen LogP) is 4.26. The molecule has 1 amide bonds. The van der Waals surface area contributed by atoms with Crippen molar-refractivity contribution >= 4 is 39.9 Å². The van der Waals surface area contributed by atoms with E-state index in [2.05, 4.69) is 37.0 Å². The molecule has 0 aliphatic heterocycles. The number of nitrogens with zero attached hydrogens (tertiary/aromatic N) is 4. The van der Waals surface area contributed by atoms with Gasteiger partial charge in [0.1, 0.15) is 17.0 Å². The van der Waals surface area contributed by atoms with Crippen LogP contribution in [-0.2, 0) is 0 Å². The molecule has 146 valence electrons. The molecule has 0 saturated heterocycles. The van der Waals surface area contributed by atoms with Gasteiger partial charge < -0.3 is 5.32 Å². The van der Waals surface area contributed by atoms with E-state index in [9.17, 15) is 9.59 Å². The monoisotopic (exact) mass is 405 g/mol. The molecule has 1 N–H and O–H groups in total. The SMILES string of the molecule is CC(=O)c1ncc(C(=O)Nc2ncnc3c2c(C)c(C)n3-c2ccc(C)cc2)s1. The molecule has 0 saturated carbocycles. The van der Waals surface area contributed by atoms with E-state index in [0.717, 1.165) is 39.3 Å². The number of nitrogens with one attached hydrogen (secondary N) is 1. The maximum Gasteiger partial charge on any atom is 0.268 e. The number of carbonyl (C=O) groups is 2. The first-order valence-corrected chi connectivity index (χ1v) is 9.86. The number of thiazole rings is 1. The highest BCUT2D eigenvalue weighted by molar-refractivity contribution is 7.15. The zero-order valence-corrected chi connectivity index (χ0v) is 17.3. The van der Waals surface area contributed by atoms with Gasteiger partial charge in [0.05, 0.1) is 11.6 Å². The number of amides is 1. The Hall–Kier alpha value is -3.39. The van der Waals surface area contributed by atoms with E-state index < -0.39 is 0 Å². The molecular weight excluding hydrogens is 386 g/mol. The van der Waals surface area contributed by atoms with E-state index in [1.165, 1.54) is 25.0 Å². The van der Waals surface area contributed by atoms with Gasteiger partial charge in [-0.25, -0.2) is 15.0 Å². The summed E-state index contributed by atoms with van der Waals surface area (Å²) in [5.74, 6) is -0.0838. The summed E-state index contributed by atoms with van der Waals surface area (Å²) < 4.78 is 2.06. The van der Waals surface area contributed by atoms with E-state index in [4.69, 9.17) is 0 Å². The Balaban J connectivity index is 1.78. The fourth-order valence-corrected chi connectivity index (χ4v) is 3.92. The first kappa shape index (κ1) is 18.9. The average molecular weight is 405 g/mol. The summed E-state index contributed by atoms with van der Waals surface area (Å²) in [5, 5.41) is 3.94. The summed E-state index contributed by atoms with van der Waals surface area (Å²) in [4.78, 5) is 37.3. The molecule has 0 atom stereocenters. The molecule has 8 heteroatoms. The molecule has 0 unspecified atom stereocenters. The van der Waals surface area contributed by atoms with Gasteiger partial charge in [0.2, 0.25) is 0 Å². The molecule has 0 radical (unpaired) electrons. The van der Waals surface area contributed by atoms with Gasteiger partial charge in [0.15, 0.2) is 16.4 Å². The quantitative estimate of drug-likeness (QED) is 0.513. The van der Waals surface area contributed by atoms with E-state index in [0.29, 0.717) is 15.7 Å². The zero-order valence-electron chi connectivity index (χ0n) is 16.5. The molecular formula is C21H19N5O2S. The van der Waals surface area contributed by atoms with Crippen LogP contribution in [0.15, 0.2) is 36.8 Å². The van der Waals surface area contributed by atoms with Gasteiger partial charge in [-0.3, -0.25) is 14.2 Å². The molecule has 7 nitrogen and oxygen atoms in total. The highest BCUT2D eigenvalue weighted by Gasteiger charge is 2.20. The highest BCUT2D eigenvalue weighted by Crippen LogP contribution is 2.31. The summed E-state index contributed by atoms with van der Waals surface area (Å²) in [6, 6.07) is 8.19. The Labute approximate surface area is 171 Å². The van der Waals surface area contributed by atoms with Gasteiger partial charge >= 0.3 is 0 Å². The van der Waals surface area contributed by atoms with Crippen molar-refractivity contribution in [2.45, 2.75) is 27.7 Å². The molecule has 0 spiro atoms. The lowest BCUT2D eigenvalue weighted by Crippen LogP contribution is -2.12. The van der Waals surface area contributed by atoms with Crippen LogP contribution in [0.2, 0.25) is 0 Å². The number of aromatic nitrogens is 4. The molecule has 0 bridgehead atoms. The lowest BCUT2D eigenvalue weighted by atomic mass is 10.2. The summed E-state index contributed by atoms with van der Waals surface area (Å²) in [5.41, 5.74) is 4.91. The molecule has 0 aliphatic rings. The predicted molar refractivity (Wildman–Crippen MR) is 113 cm³/mol. The molecule has 4 aromatic rings. The van der Waals surface area contributed by atoms with Crippen LogP contribution in [0.1, 0.15) is 43.2 Å². The molecule has 0 fully saturated rings. The van der Waals surface area contributed by atoms with Crippen molar-refractivity contribution in [2.75, 3.05) is 5.32 Å². The summed E-state index contributed by atoms with van der Waals surface area (Å²) in [6.07, 6.45) is 2.85. The Morgan fingerprint density at radius 1 is 1.03 bits per heavy atom. The topological polar surface area (TPSA) is 89.8 Å². The van der Waals surface area contributed by atoms with E-state index >= 15 is 0 Å². The molecule has 1 aromatic carbocycles. The third-order valence-corrected chi connectivity index (χ3v) is 5.94. The van der Waals surface area contributed by atoms with E-state index in [-0.39, 0.29) is 11.7 Å². The maximum atomic E-state index is 12.7. The second-order valence-electron chi connectivity index (χ2n) is 6.84. The second-order valence-corrected chi connectivity index (χ2v) is 7.87. The first-order valence-electron chi connectivity index (χ1n) is 9.04. The number of carbonyl (C=O) groups excluding carboxylic acids is 2. The van der Waals surface area contributed by atoms with Crippen LogP contribution in [0.4, 0.5) is 5.82 Å². The lowest BCUT2D eigenvalue weighted by Gasteiger charge is -2.08. The Morgan fingerprint density at radius 3 is 2.41 bits per heavy atom. The summed E-state index contributed by atoms with van der Waals surface area (Å²) in [7, 11) is 0. The maximum absolute atomic E-state index is 12.7. The van der Waals surface area contributed by atoms with Crippen molar-refractivity contribution in [3.8, 4) is 5.69 Å². The first-order chi connectivity index (χ1) is 13.9. The zero-order chi connectivity index (χ0) is 20.7. The third kappa shape index (κ3) is 3.31. The van der Waals surface area contributed by atoms with Gasteiger partial charge in [0, 0.05) is 18.3 Å². The van der Waals surface area contributed by atoms with E-state index in [1.54, 1.807) is 0 Å². The van der Waals surface area contributed by atoms with Crippen molar-refractivity contribution < 1.29 is 9.59 Å². The number of hydrogen-bond donors (Lipinski definition) is 1. The molecule has 4 rings (SSSR count). The van der Waals surface area contributed by atoms with Crippen molar-refractivity contribution in [1.29, 1.82) is 0 Å². The normalized spacial score (nSPS) is 11.0. The van der Waals surface area contributed by atoms with Crippen LogP contribution < -0.4 is 5.32 Å². The fourth-order valence-electron chi connectivity index (χ4n) is 3.21. The fraction of sp³-hybridized carbons (Fsp3) is 0.190. The molecule has 3 aromatic heterocycles. The van der Waals surface area contributed by atoms with Gasteiger partial charge in [-0.05, 0) is 38.5 Å². The van der Waals surface area contributed by atoms with Crippen LogP contribution >= 0.6 is 11.3 Å². The number of ketones is 1. The van der Waals surface area contributed by atoms with Gasteiger partial charge in [-0.2, -0.15) is 0 Å². The van der Waals surface area contributed by atoms with Crippen molar-refractivity contribution in [1.82, 2.24) is 19.5 Å². The van der Waals surface area contributed by atoms with Crippen molar-refractivity contribution in [2.24, 2.45) is 0 Å².